The number of hydrogen-bond acceptors (Lipinski definition) is 4. The van der Waals surface area contributed by atoms with Crippen molar-refractivity contribution < 1.29 is 4.74 Å². The molecule has 1 aliphatic carbocycles. The molecule has 4 heteroatoms. The first-order valence-corrected chi connectivity index (χ1v) is 7.63. The number of aromatic nitrogens is 1. The Morgan fingerprint density at radius 2 is 2.33 bits per heavy atom. The summed E-state index contributed by atoms with van der Waals surface area (Å²) in [5, 5.41) is 6.97. The smallest absolute Gasteiger partial charge is 0.0934 e. The highest BCUT2D eigenvalue weighted by Crippen LogP contribution is 2.47. The fourth-order valence-corrected chi connectivity index (χ4v) is 3.48. The van der Waals surface area contributed by atoms with Crippen molar-refractivity contribution >= 4 is 11.3 Å². The molecule has 1 heterocycles. The summed E-state index contributed by atoms with van der Waals surface area (Å²) in [7, 11) is 1.75. The fraction of sp³-hybridized carbons (Fsp3) is 0.786. The van der Waals surface area contributed by atoms with Crippen LogP contribution in [0.4, 0.5) is 0 Å². The first-order chi connectivity index (χ1) is 8.64. The van der Waals surface area contributed by atoms with Crippen molar-refractivity contribution in [1.82, 2.24) is 10.3 Å². The van der Waals surface area contributed by atoms with Crippen molar-refractivity contribution in [3.8, 4) is 0 Å². The van der Waals surface area contributed by atoms with E-state index < -0.39 is 0 Å². The quantitative estimate of drug-likeness (QED) is 0.736. The Bertz CT molecular complexity index is 376. The molecule has 3 nitrogen and oxygen atoms in total. The van der Waals surface area contributed by atoms with Crippen molar-refractivity contribution in [1.29, 1.82) is 0 Å². The molecule has 1 aliphatic rings. The van der Waals surface area contributed by atoms with Gasteiger partial charge in [0.05, 0.1) is 11.6 Å². The molecule has 18 heavy (non-hydrogen) atoms. The molecular formula is C14H24N2OS. The first-order valence-electron chi connectivity index (χ1n) is 6.75. The van der Waals surface area contributed by atoms with Crippen LogP contribution in [0.15, 0.2) is 5.38 Å². The molecule has 1 atom stereocenters. The minimum Gasteiger partial charge on any atom is -0.383 e. The molecule has 1 aromatic rings. The summed E-state index contributed by atoms with van der Waals surface area (Å²) in [6.07, 6.45) is 3.87. The Morgan fingerprint density at radius 1 is 1.56 bits per heavy atom. The van der Waals surface area contributed by atoms with Crippen LogP contribution in [0.3, 0.4) is 0 Å². The average molecular weight is 268 g/mol. The number of aryl methyl sites for hydroxylation is 1. The van der Waals surface area contributed by atoms with Crippen LogP contribution in [-0.4, -0.2) is 31.8 Å². The number of methoxy groups -OCH3 is 1. The predicted molar refractivity (Wildman–Crippen MR) is 76.1 cm³/mol. The van der Waals surface area contributed by atoms with Crippen LogP contribution in [0.1, 0.15) is 30.5 Å². The molecule has 1 fully saturated rings. The van der Waals surface area contributed by atoms with Gasteiger partial charge in [0, 0.05) is 37.7 Å². The van der Waals surface area contributed by atoms with E-state index in [1.807, 2.05) is 0 Å². The van der Waals surface area contributed by atoms with E-state index in [-0.39, 0.29) is 0 Å². The normalized spacial score (nSPS) is 18.8. The lowest BCUT2D eigenvalue weighted by Crippen LogP contribution is -2.37. The van der Waals surface area contributed by atoms with E-state index in [0.717, 1.165) is 37.7 Å². The van der Waals surface area contributed by atoms with Crippen LogP contribution in [0.25, 0.3) is 0 Å². The second-order valence-electron chi connectivity index (χ2n) is 5.66. The molecule has 0 amide bonds. The summed E-state index contributed by atoms with van der Waals surface area (Å²) < 4.78 is 5.08. The summed E-state index contributed by atoms with van der Waals surface area (Å²) in [6, 6.07) is 0. The van der Waals surface area contributed by atoms with Crippen LogP contribution in [0, 0.1) is 18.3 Å². The molecule has 0 spiro atoms. The molecule has 2 rings (SSSR count). The van der Waals surface area contributed by atoms with E-state index in [9.17, 15) is 0 Å². The molecule has 0 saturated heterocycles. The van der Waals surface area contributed by atoms with E-state index in [0.29, 0.717) is 5.41 Å². The Labute approximate surface area is 114 Å². The third kappa shape index (κ3) is 3.77. The van der Waals surface area contributed by atoms with Gasteiger partial charge >= 0.3 is 0 Å². The zero-order valence-electron chi connectivity index (χ0n) is 11.7. The summed E-state index contributed by atoms with van der Waals surface area (Å²) >= 11 is 1.80. The van der Waals surface area contributed by atoms with E-state index in [2.05, 4.69) is 29.5 Å². The number of nitrogens with zero attached hydrogens (tertiary/aromatic N) is 1. The van der Waals surface area contributed by atoms with Gasteiger partial charge in [-0.3, -0.25) is 0 Å². The number of thiazole rings is 1. The van der Waals surface area contributed by atoms with Crippen molar-refractivity contribution in [3.05, 3.63) is 16.1 Å². The zero-order chi connectivity index (χ0) is 13.0. The zero-order valence-corrected chi connectivity index (χ0v) is 12.5. The molecule has 1 unspecified atom stereocenters. The minimum absolute atomic E-state index is 0.359. The van der Waals surface area contributed by atoms with E-state index in [4.69, 9.17) is 4.74 Å². The predicted octanol–water partition coefficient (Wildman–Crippen LogP) is 2.65. The molecule has 0 aromatic carbocycles. The van der Waals surface area contributed by atoms with Crippen molar-refractivity contribution in [3.63, 3.8) is 0 Å². The molecule has 1 aromatic heterocycles. The van der Waals surface area contributed by atoms with Gasteiger partial charge < -0.3 is 10.1 Å². The lowest BCUT2D eigenvalue weighted by atomic mass is 9.81. The lowest BCUT2D eigenvalue weighted by molar-refractivity contribution is 0.187. The fourth-order valence-electron chi connectivity index (χ4n) is 2.51. The van der Waals surface area contributed by atoms with Crippen LogP contribution < -0.4 is 5.32 Å². The van der Waals surface area contributed by atoms with Gasteiger partial charge in [-0.1, -0.05) is 6.92 Å². The average Bonchev–Trinajstić information content (AvgIpc) is 3.11. The number of hydrogen-bond donors (Lipinski definition) is 1. The van der Waals surface area contributed by atoms with Crippen LogP contribution in [0.2, 0.25) is 0 Å². The third-order valence-corrected chi connectivity index (χ3v) is 4.76. The molecule has 0 radical (unpaired) electrons. The summed E-state index contributed by atoms with van der Waals surface area (Å²) in [6.45, 7) is 7.28. The highest BCUT2D eigenvalue weighted by Gasteiger charge is 2.41. The van der Waals surface area contributed by atoms with Crippen molar-refractivity contribution in [2.24, 2.45) is 11.3 Å². The Hall–Kier alpha value is -0.450. The van der Waals surface area contributed by atoms with Gasteiger partial charge in [0.25, 0.3) is 0 Å². The van der Waals surface area contributed by atoms with Crippen molar-refractivity contribution in [2.75, 3.05) is 26.8 Å². The van der Waals surface area contributed by atoms with Gasteiger partial charge in [-0.15, -0.1) is 11.3 Å². The highest BCUT2D eigenvalue weighted by molar-refractivity contribution is 7.09. The molecule has 1 N–H and O–H groups in total. The molecule has 102 valence electrons. The van der Waals surface area contributed by atoms with Gasteiger partial charge in [-0.25, -0.2) is 4.98 Å². The Kier molecular flexibility index (Phi) is 4.76. The summed E-state index contributed by atoms with van der Waals surface area (Å²) in [5.41, 5.74) is 1.51. The SMILES string of the molecule is COCCNCC(C)(Cc1nc(C)cs1)C1CC1. The summed E-state index contributed by atoms with van der Waals surface area (Å²) in [4.78, 5) is 4.62. The monoisotopic (exact) mass is 268 g/mol. The van der Waals surface area contributed by atoms with E-state index >= 15 is 0 Å². The molecule has 0 bridgehead atoms. The number of ether oxygens (including phenoxy) is 1. The van der Waals surface area contributed by atoms with Crippen LogP contribution >= 0.6 is 11.3 Å². The van der Waals surface area contributed by atoms with E-state index in [1.54, 1.807) is 18.4 Å². The largest absolute Gasteiger partial charge is 0.383 e. The van der Waals surface area contributed by atoms with E-state index in [1.165, 1.54) is 17.8 Å². The Balaban J connectivity index is 1.89. The van der Waals surface area contributed by atoms with Crippen LogP contribution in [-0.2, 0) is 11.2 Å². The number of nitrogens with one attached hydrogen (secondary N) is 1. The van der Waals surface area contributed by atoms with Gasteiger partial charge in [0.2, 0.25) is 0 Å². The van der Waals surface area contributed by atoms with Crippen LogP contribution in [0.5, 0.6) is 0 Å². The maximum absolute atomic E-state index is 5.08. The topological polar surface area (TPSA) is 34.1 Å². The molecule has 1 saturated carbocycles. The number of rotatable bonds is 8. The maximum Gasteiger partial charge on any atom is 0.0934 e. The van der Waals surface area contributed by atoms with Crippen molar-refractivity contribution in [2.45, 2.75) is 33.1 Å². The maximum atomic E-state index is 5.08. The summed E-state index contributed by atoms with van der Waals surface area (Å²) in [5.74, 6) is 0.872. The standard InChI is InChI=1S/C14H24N2OS/c1-11-9-18-13(16-11)8-14(2,12-4-5-12)10-15-6-7-17-3/h9,12,15H,4-8,10H2,1-3H3. The molecular weight excluding hydrogens is 244 g/mol. The Morgan fingerprint density at radius 3 is 2.89 bits per heavy atom. The first kappa shape index (κ1) is 14.0. The highest BCUT2D eigenvalue weighted by atomic mass is 32.1. The second-order valence-corrected chi connectivity index (χ2v) is 6.60. The minimum atomic E-state index is 0.359. The van der Waals surface area contributed by atoms with Gasteiger partial charge in [-0.05, 0) is 31.1 Å². The van der Waals surface area contributed by atoms with Gasteiger partial charge in [-0.2, -0.15) is 0 Å². The van der Waals surface area contributed by atoms with Gasteiger partial charge in [0.1, 0.15) is 0 Å². The van der Waals surface area contributed by atoms with Gasteiger partial charge in [0.15, 0.2) is 0 Å². The second kappa shape index (κ2) is 6.13. The molecule has 0 aliphatic heterocycles. The third-order valence-electron chi connectivity index (χ3n) is 3.80. The lowest BCUT2D eigenvalue weighted by Gasteiger charge is -2.29.